The van der Waals surface area contributed by atoms with Crippen molar-refractivity contribution in [2.75, 3.05) is 5.32 Å². The Kier molecular flexibility index (Phi) is 3.75. The molecule has 2 aliphatic rings. The maximum Gasteiger partial charge on any atom is 0.416 e. The van der Waals surface area contributed by atoms with Gasteiger partial charge in [-0.2, -0.15) is 13.2 Å². The first-order valence-corrected chi connectivity index (χ1v) is 8.23. The lowest BCUT2D eigenvalue weighted by Crippen LogP contribution is -2.29. The van der Waals surface area contributed by atoms with E-state index < -0.39 is 16.7 Å². The summed E-state index contributed by atoms with van der Waals surface area (Å²) in [5.74, 6) is -0.0267. The number of nitrogens with one attached hydrogen (secondary N) is 1. The highest BCUT2D eigenvalue weighted by molar-refractivity contribution is 5.61. The third-order valence-electron chi connectivity index (χ3n) is 5.15. The minimum Gasteiger partial charge on any atom is -0.378 e. The zero-order valence-electron chi connectivity index (χ0n) is 13.5. The van der Waals surface area contributed by atoms with E-state index in [1.54, 1.807) is 12.1 Å². The number of anilines is 1. The highest BCUT2D eigenvalue weighted by atomic mass is 19.4. The van der Waals surface area contributed by atoms with E-state index in [-0.39, 0.29) is 23.6 Å². The lowest BCUT2D eigenvalue weighted by atomic mass is 9.76. The molecule has 26 heavy (non-hydrogen) atoms. The van der Waals surface area contributed by atoms with Crippen LogP contribution >= 0.6 is 0 Å². The number of hydrogen-bond acceptors (Lipinski definition) is 3. The van der Waals surface area contributed by atoms with Gasteiger partial charge in [-0.05, 0) is 41.7 Å². The zero-order valence-corrected chi connectivity index (χ0v) is 13.5. The Hall–Kier alpha value is -2.83. The molecule has 0 spiro atoms. The molecule has 0 saturated carbocycles. The quantitative estimate of drug-likeness (QED) is 0.441. The molecule has 0 aromatic heterocycles. The van der Waals surface area contributed by atoms with Crippen LogP contribution in [0.5, 0.6) is 0 Å². The minimum atomic E-state index is -4.37. The van der Waals surface area contributed by atoms with Crippen molar-refractivity contribution < 1.29 is 18.1 Å². The maximum atomic E-state index is 13.1. The van der Waals surface area contributed by atoms with Gasteiger partial charge in [0.05, 0.1) is 16.5 Å². The normalized spacial score (nSPS) is 23.9. The van der Waals surface area contributed by atoms with Crippen molar-refractivity contribution in [3.05, 3.63) is 81.4 Å². The first-order chi connectivity index (χ1) is 12.3. The molecule has 0 fully saturated rings. The second-order valence-corrected chi connectivity index (χ2v) is 6.62. The number of non-ortho nitro benzene ring substituents is 1. The van der Waals surface area contributed by atoms with Crippen LogP contribution in [0.2, 0.25) is 0 Å². The van der Waals surface area contributed by atoms with Crippen molar-refractivity contribution in [2.24, 2.45) is 5.92 Å². The second kappa shape index (κ2) is 5.86. The van der Waals surface area contributed by atoms with Gasteiger partial charge in [-0.15, -0.1) is 0 Å². The molecule has 1 heterocycles. The molecule has 134 valence electrons. The summed E-state index contributed by atoms with van der Waals surface area (Å²) in [6, 6.07) is 9.99. The number of halogens is 3. The van der Waals surface area contributed by atoms with Crippen LogP contribution in [-0.4, -0.2) is 4.92 Å². The molecule has 3 atom stereocenters. The van der Waals surface area contributed by atoms with E-state index in [1.807, 2.05) is 12.2 Å². The van der Waals surface area contributed by atoms with Crippen LogP contribution in [0.25, 0.3) is 0 Å². The van der Waals surface area contributed by atoms with Gasteiger partial charge in [-0.3, -0.25) is 10.1 Å². The third kappa shape index (κ3) is 2.73. The van der Waals surface area contributed by atoms with Gasteiger partial charge < -0.3 is 5.32 Å². The number of allylic oxidation sites excluding steroid dienone is 2. The molecule has 0 amide bonds. The first kappa shape index (κ1) is 16.6. The van der Waals surface area contributed by atoms with E-state index in [0.29, 0.717) is 11.3 Å². The number of fused-ring (bicyclic) bond motifs is 3. The molecule has 0 unspecified atom stereocenters. The van der Waals surface area contributed by atoms with Crippen molar-refractivity contribution in [1.82, 2.24) is 0 Å². The summed E-state index contributed by atoms with van der Waals surface area (Å²) in [7, 11) is 0. The predicted molar refractivity (Wildman–Crippen MR) is 90.9 cm³/mol. The van der Waals surface area contributed by atoms with Gasteiger partial charge in [0.1, 0.15) is 0 Å². The molecule has 1 aliphatic carbocycles. The summed E-state index contributed by atoms with van der Waals surface area (Å²) >= 11 is 0. The Balaban J connectivity index is 1.72. The van der Waals surface area contributed by atoms with Gasteiger partial charge in [-0.1, -0.05) is 24.3 Å². The molecule has 1 aliphatic heterocycles. The monoisotopic (exact) mass is 360 g/mol. The average molecular weight is 360 g/mol. The molecular formula is C19H15F3N2O2. The van der Waals surface area contributed by atoms with Crippen LogP contribution in [-0.2, 0) is 6.18 Å². The summed E-state index contributed by atoms with van der Waals surface area (Å²) in [6.07, 6.45) is 0.324. The zero-order chi connectivity index (χ0) is 18.5. The van der Waals surface area contributed by atoms with Gasteiger partial charge in [0, 0.05) is 23.7 Å². The molecule has 2 aromatic carbocycles. The molecule has 4 rings (SSSR count). The van der Waals surface area contributed by atoms with Crippen LogP contribution < -0.4 is 5.32 Å². The van der Waals surface area contributed by atoms with Gasteiger partial charge in [0.15, 0.2) is 0 Å². The number of rotatable bonds is 2. The lowest BCUT2D eigenvalue weighted by molar-refractivity contribution is -0.384. The van der Waals surface area contributed by atoms with Crippen molar-refractivity contribution in [3.63, 3.8) is 0 Å². The SMILES string of the molecule is O=[N+]([O-])c1ccc([C@@H]2Nc3ccc(C(F)(F)F)cc3[C@@H]3C=CC[C@H]32)cc1. The van der Waals surface area contributed by atoms with Crippen LogP contribution in [0.3, 0.4) is 0 Å². The number of alkyl halides is 3. The number of nitro benzene ring substituents is 1. The fourth-order valence-corrected chi connectivity index (χ4v) is 3.90. The summed E-state index contributed by atoms with van der Waals surface area (Å²) < 4.78 is 39.2. The van der Waals surface area contributed by atoms with Crippen LogP contribution in [0, 0.1) is 16.0 Å². The molecular weight excluding hydrogens is 345 g/mol. The van der Waals surface area contributed by atoms with Gasteiger partial charge in [0.25, 0.3) is 5.69 Å². The Morgan fingerprint density at radius 2 is 1.85 bits per heavy atom. The van der Waals surface area contributed by atoms with E-state index >= 15 is 0 Å². The van der Waals surface area contributed by atoms with Crippen molar-refractivity contribution >= 4 is 11.4 Å². The largest absolute Gasteiger partial charge is 0.416 e. The van der Waals surface area contributed by atoms with Crippen LogP contribution in [0.4, 0.5) is 24.5 Å². The van der Waals surface area contributed by atoms with Gasteiger partial charge in [-0.25, -0.2) is 0 Å². The van der Waals surface area contributed by atoms with Crippen LogP contribution in [0.1, 0.15) is 35.1 Å². The Labute approximate surface area is 147 Å². The molecule has 2 aromatic rings. The molecule has 0 saturated heterocycles. The lowest BCUT2D eigenvalue weighted by Gasteiger charge is -2.37. The summed E-state index contributed by atoms with van der Waals surface area (Å²) in [6.45, 7) is 0. The van der Waals surface area contributed by atoms with E-state index in [0.717, 1.165) is 18.1 Å². The topological polar surface area (TPSA) is 55.2 Å². The maximum absolute atomic E-state index is 13.1. The van der Waals surface area contributed by atoms with Gasteiger partial charge in [0.2, 0.25) is 0 Å². The van der Waals surface area contributed by atoms with E-state index in [2.05, 4.69) is 5.32 Å². The minimum absolute atomic E-state index is 0.0147. The molecule has 1 N–H and O–H groups in total. The Morgan fingerprint density at radius 1 is 1.12 bits per heavy atom. The smallest absolute Gasteiger partial charge is 0.378 e. The fourth-order valence-electron chi connectivity index (χ4n) is 3.90. The summed E-state index contributed by atoms with van der Waals surface area (Å²) in [5.41, 5.74) is 1.58. The van der Waals surface area contributed by atoms with Crippen LogP contribution in [0.15, 0.2) is 54.6 Å². The second-order valence-electron chi connectivity index (χ2n) is 6.62. The number of benzene rings is 2. The Bertz CT molecular complexity index is 891. The number of nitrogens with zero attached hydrogens (tertiary/aromatic N) is 1. The third-order valence-corrected chi connectivity index (χ3v) is 5.15. The predicted octanol–water partition coefficient (Wildman–Crippen LogP) is 5.44. The van der Waals surface area contributed by atoms with E-state index in [1.165, 1.54) is 24.3 Å². The Morgan fingerprint density at radius 3 is 2.50 bits per heavy atom. The van der Waals surface area contributed by atoms with Crippen molar-refractivity contribution in [2.45, 2.75) is 24.6 Å². The van der Waals surface area contributed by atoms with Crippen molar-refractivity contribution in [3.8, 4) is 0 Å². The van der Waals surface area contributed by atoms with E-state index in [9.17, 15) is 23.3 Å². The highest BCUT2D eigenvalue weighted by Crippen LogP contribution is 2.50. The molecule has 4 nitrogen and oxygen atoms in total. The van der Waals surface area contributed by atoms with Crippen molar-refractivity contribution in [1.29, 1.82) is 0 Å². The first-order valence-electron chi connectivity index (χ1n) is 8.23. The highest BCUT2D eigenvalue weighted by Gasteiger charge is 2.40. The van der Waals surface area contributed by atoms with Gasteiger partial charge >= 0.3 is 6.18 Å². The standard InChI is InChI=1S/C19H15F3N2O2/c20-19(21,22)12-6-9-17-16(10-12)14-2-1-3-15(14)18(23-17)11-4-7-13(8-5-11)24(25)26/h1-2,4-10,14-15,18,23H,3H2/t14-,15-,18+/m1/s1. The number of nitro groups is 1. The summed E-state index contributed by atoms with van der Waals surface area (Å²) in [5, 5.41) is 14.2. The fraction of sp³-hybridized carbons (Fsp3) is 0.263. The molecule has 7 heteroatoms. The van der Waals surface area contributed by atoms with E-state index in [4.69, 9.17) is 0 Å². The summed E-state index contributed by atoms with van der Waals surface area (Å²) in [4.78, 5) is 10.4. The average Bonchev–Trinajstić information content (AvgIpc) is 3.10. The number of hydrogen-bond donors (Lipinski definition) is 1. The molecule has 0 radical (unpaired) electrons. The molecule has 0 bridgehead atoms.